The average molecular weight is 192 g/mol. The predicted molar refractivity (Wildman–Crippen MR) is 44.1 cm³/mol. The summed E-state index contributed by atoms with van der Waals surface area (Å²) in [5, 5.41) is 36.4. The Hall–Kier alpha value is -0.200. The summed E-state index contributed by atoms with van der Waals surface area (Å²) in [4.78, 5) is 0. The van der Waals surface area contributed by atoms with Crippen molar-refractivity contribution < 1.29 is 25.2 Å². The van der Waals surface area contributed by atoms with Crippen molar-refractivity contribution in [2.24, 2.45) is 0 Å². The number of rotatable bonds is 3. The Morgan fingerprint density at radius 1 is 1.15 bits per heavy atom. The topological polar surface area (TPSA) is 90.2 Å². The molecule has 0 bridgehead atoms. The molecule has 0 amide bonds. The third-order valence-corrected chi connectivity index (χ3v) is 2.22. The van der Waals surface area contributed by atoms with Gasteiger partial charge in [0.15, 0.2) is 0 Å². The van der Waals surface area contributed by atoms with Gasteiger partial charge in [0.2, 0.25) is 0 Å². The third-order valence-electron chi connectivity index (χ3n) is 2.22. The number of aliphatic hydroxyl groups excluding tert-OH is 4. The number of aliphatic hydroxyl groups is 4. The summed E-state index contributed by atoms with van der Waals surface area (Å²) in [6, 6.07) is 0. The third kappa shape index (κ3) is 2.89. The van der Waals surface area contributed by atoms with Crippen molar-refractivity contribution in [1.29, 1.82) is 0 Å². The standard InChI is InChI=1S/C8H16O5/c9-1-2-13-7-4-5(10)3-6(11)8(7)12/h5-12H,1-4H2/t5-,6-,7-,8-/m0/s1. The summed E-state index contributed by atoms with van der Waals surface area (Å²) in [5.41, 5.74) is 0. The molecule has 13 heavy (non-hydrogen) atoms. The second kappa shape index (κ2) is 4.88. The van der Waals surface area contributed by atoms with E-state index in [1.807, 2.05) is 0 Å². The van der Waals surface area contributed by atoms with Gasteiger partial charge >= 0.3 is 0 Å². The lowest BCUT2D eigenvalue weighted by Gasteiger charge is -2.34. The second-order valence-corrected chi connectivity index (χ2v) is 3.32. The average Bonchev–Trinajstić information content (AvgIpc) is 2.09. The summed E-state index contributed by atoms with van der Waals surface area (Å²) in [7, 11) is 0. The normalized spacial score (nSPS) is 40.6. The van der Waals surface area contributed by atoms with Crippen LogP contribution in [0.3, 0.4) is 0 Å². The molecule has 0 aromatic rings. The maximum absolute atomic E-state index is 9.41. The van der Waals surface area contributed by atoms with Crippen molar-refractivity contribution in [3.63, 3.8) is 0 Å². The zero-order valence-corrected chi connectivity index (χ0v) is 7.33. The Balaban J connectivity index is 2.41. The van der Waals surface area contributed by atoms with Gasteiger partial charge in [-0.3, -0.25) is 0 Å². The molecule has 0 unspecified atom stereocenters. The Bertz CT molecular complexity index is 151. The van der Waals surface area contributed by atoms with E-state index in [1.54, 1.807) is 0 Å². The fraction of sp³-hybridized carbons (Fsp3) is 1.00. The van der Waals surface area contributed by atoms with Crippen molar-refractivity contribution in [1.82, 2.24) is 0 Å². The Morgan fingerprint density at radius 3 is 2.46 bits per heavy atom. The Morgan fingerprint density at radius 2 is 1.85 bits per heavy atom. The molecule has 1 aliphatic rings. The van der Waals surface area contributed by atoms with Gasteiger partial charge in [0.05, 0.1) is 31.5 Å². The molecular formula is C8H16O5. The smallest absolute Gasteiger partial charge is 0.106 e. The monoisotopic (exact) mass is 192 g/mol. The van der Waals surface area contributed by atoms with Crippen LogP contribution in [0.4, 0.5) is 0 Å². The molecule has 78 valence electrons. The molecule has 0 saturated heterocycles. The van der Waals surface area contributed by atoms with Crippen molar-refractivity contribution in [2.45, 2.75) is 37.3 Å². The van der Waals surface area contributed by atoms with Gasteiger partial charge in [-0.05, 0) is 0 Å². The van der Waals surface area contributed by atoms with E-state index in [9.17, 15) is 15.3 Å². The lowest BCUT2D eigenvalue weighted by atomic mass is 9.90. The fourth-order valence-electron chi connectivity index (χ4n) is 1.54. The molecule has 0 spiro atoms. The number of hydrogen-bond acceptors (Lipinski definition) is 5. The molecular weight excluding hydrogens is 176 g/mol. The van der Waals surface area contributed by atoms with Gasteiger partial charge < -0.3 is 25.2 Å². The van der Waals surface area contributed by atoms with Crippen LogP contribution < -0.4 is 0 Å². The summed E-state index contributed by atoms with van der Waals surface area (Å²) < 4.78 is 5.07. The van der Waals surface area contributed by atoms with Crippen molar-refractivity contribution >= 4 is 0 Å². The highest BCUT2D eigenvalue weighted by atomic mass is 16.5. The molecule has 1 fully saturated rings. The van der Waals surface area contributed by atoms with Crippen LogP contribution in [-0.2, 0) is 4.74 Å². The minimum absolute atomic E-state index is 0.112. The molecule has 4 N–H and O–H groups in total. The SMILES string of the molecule is OCCO[C@H]1C[C@@H](O)C[C@H](O)[C@@H]1O. The minimum Gasteiger partial charge on any atom is -0.394 e. The molecule has 4 atom stereocenters. The van der Waals surface area contributed by atoms with Crippen molar-refractivity contribution in [3.8, 4) is 0 Å². The molecule has 0 aliphatic heterocycles. The van der Waals surface area contributed by atoms with Crippen LogP contribution in [0.25, 0.3) is 0 Å². The van der Waals surface area contributed by atoms with Crippen LogP contribution >= 0.6 is 0 Å². The number of hydrogen-bond donors (Lipinski definition) is 4. The molecule has 0 heterocycles. The highest BCUT2D eigenvalue weighted by molar-refractivity contribution is 4.86. The van der Waals surface area contributed by atoms with Gasteiger partial charge in [-0.1, -0.05) is 0 Å². The molecule has 0 aromatic carbocycles. The molecule has 1 rings (SSSR count). The van der Waals surface area contributed by atoms with Gasteiger partial charge in [0, 0.05) is 12.8 Å². The lowest BCUT2D eigenvalue weighted by Crippen LogP contribution is -2.47. The highest BCUT2D eigenvalue weighted by Gasteiger charge is 2.35. The van der Waals surface area contributed by atoms with Crippen LogP contribution in [0, 0.1) is 0 Å². The summed E-state index contributed by atoms with van der Waals surface area (Å²) in [5.74, 6) is 0. The van der Waals surface area contributed by atoms with Gasteiger partial charge in [-0.25, -0.2) is 0 Å². The summed E-state index contributed by atoms with van der Waals surface area (Å²) in [6.45, 7) is -0.0173. The molecule has 1 aliphatic carbocycles. The van der Waals surface area contributed by atoms with E-state index in [4.69, 9.17) is 9.84 Å². The first-order chi connectivity index (χ1) is 6.15. The van der Waals surface area contributed by atoms with E-state index in [1.165, 1.54) is 0 Å². The molecule has 1 saturated carbocycles. The maximum Gasteiger partial charge on any atom is 0.106 e. The van der Waals surface area contributed by atoms with Crippen LogP contribution in [-0.4, -0.2) is 58.1 Å². The predicted octanol–water partition coefficient (Wildman–Crippen LogP) is -1.76. The quantitative estimate of drug-likeness (QED) is 0.425. The van der Waals surface area contributed by atoms with Crippen LogP contribution in [0.5, 0.6) is 0 Å². The highest BCUT2D eigenvalue weighted by Crippen LogP contribution is 2.22. The summed E-state index contributed by atoms with van der Waals surface area (Å²) in [6.07, 6.45) is -2.63. The molecule has 5 nitrogen and oxygen atoms in total. The minimum atomic E-state index is -0.963. The van der Waals surface area contributed by atoms with E-state index in [0.29, 0.717) is 6.42 Å². The van der Waals surface area contributed by atoms with Crippen LogP contribution in [0.1, 0.15) is 12.8 Å². The van der Waals surface area contributed by atoms with E-state index >= 15 is 0 Å². The van der Waals surface area contributed by atoms with E-state index in [2.05, 4.69) is 0 Å². The van der Waals surface area contributed by atoms with Crippen molar-refractivity contribution in [2.75, 3.05) is 13.2 Å². The zero-order valence-electron chi connectivity index (χ0n) is 7.33. The van der Waals surface area contributed by atoms with Gasteiger partial charge in [-0.2, -0.15) is 0 Å². The first-order valence-electron chi connectivity index (χ1n) is 4.41. The lowest BCUT2D eigenvalue weighted by molar-refractivity contribution is -0.142. The molecule has 5 heteroatoms. The molecule has 0 aromatic heterocycles. The van der Waals surface area contributed by atoms with Crippen molar-refractivity contribution in [3.05, 3.63) is 0 Å². The van der Waals surface area contributed by atoms with E-state index < -0.39 is 24.4 Å². The zero-order chi connectivity index (χ0) is 9.84. The largest absolute Gasteiger partial charge is 0.394 e. The second-order valence-electron chi connectivity index (χ2n) is 3.32. The summed E-state index contributed by atoms with van der Waals surface area (Å²) >= 11 is 0. The van der Waals surface area contributed by atoms with Gasteiger partial charge in [0.1, 0.15) is 6.10 Å². The first-order valence-corrected chi connectivity index (χ1v) is 4.41. The van der Waals surface area contributed by atoms with Gasteiger partial charge in [0.25, 0.3) is 0 Å². The fourth-order valence-corrected chi connectivity index (χ4v) is 1.54. The van der Waals surface area contributed by atoms with Crippen LogP contribution in [0.15, 0.2) is 0 Å². The maximum atomic E-state index is 9.41. The van der Waals surface area contributed by atoms with E-state index in [0.717, 1.165) is 0 Å². The van der Waals surface area contributed by atoms with Crippen LogP contribution in [0.2, 0.25) is 0 Å². The molecule has 0 radical (unpaired) electrons. The Labute approximate surface area is 76.6 Å². The number of ether oxygens (including phenoxy) is 1. The van der Waals surface area contributed by atoms with Gasteiger partial charge in [-0.15, -0.1) is 0 Å². The Kier molecular flexibility index (Phi) is 4.08. The first kappa shape index (κ1) is 10.9. The van der Waals surface area contributed by atoms with E-state index in [-0.39, 0.29) is 19.6 Å².